The monoisotopic (exact) mass is 286 g/mol. The number of aryl methyl sites for hydroxylation is 1. The zero-order valence-corrected chi connectivity index (χ0v) is 14.7. The van der Waals surface area contributed by atoms with Gasteiger partial charge in [-0.05, 0) is 42.9 Å². The molecule has 1 aliphatic rings. The third-order valence-corrected chi connectivity index (χ3v) is 2.86. The summed E-state index contributed by atoms with van der Waals surface area (Å²) in [7, 11) is 1.68. The third kappa shape index (κ3) is 6.87. The van der Waals surface area contributed by atoms with Crippen LogP contribution in [0.15, 0.2) is 12.1 Å². The van der Waals surface area contributed by atoms with Crippen molar-refractivity contribution >= 4 is 11.6 Å². The molecule has 0 N–H and O–H groups in total. The Morgan fingerprint density at radius 2 is 1.47 bits per heavy atom. The average molecular weight is 287 g/mol. The Bertz CT molecular complexity index is 330. The first-order valence-electron chi connectivity index (χ1n) is 7.56. The molecule has 1 aromatic carbocycles. The molecule has 1 aliphatic carbocycles. The van der Waals surface area contributed by atoms with E-state index in [-0.39, 0.29) is 0 Å². The van der Waals surface area contributed by atoms with Gasteiger partial charge in [0.1, 0.15) is 5.75 Å². The molecular formula is C17H31ClO. The van der Waals surface area contributed by atoms with Crippen LogP contribution in [-0.4, -0.2) is 7.11 Å². The molecule has 0 unspecified atom stereocenters. The Balaban J connectivity index is 0. The van der Waals surface area contributed by atoms with Crippen molar-refractivity contribution in [3.05, 3.63) is 28.3 Å². The Morgan fingerprint density at radius 1 is 1.00 bits per heavy atom. The molecule has 0 saturated heterocycles. The van der Waals surface area contributed by atoms with Gasteiger partial charge in [-0.2, -0.15) is 0 Å². The number of hydrogen-bond acceptors (Lipinski definition) is 1. The molecule has 0 aliphatic heterocycles. The molecule has 1 saturated carbocycles. The number of halogens is 1. The molecular weight excluding hydrogens is 256 g/mol. The second-order valence-corrected chi connectivity index (χ2v) is 4.02. The number of rotatable bonds is 2. The maximum absolute atomic E-state index is 6.14. The summed E-state index contributed by atoms with van der Waals surface area (Å²) in [4.78, 5) is 0. The molecule has 112 valence electrons. The van der Waals surface area contributed by atoms with E-state index in [2.05, 4.69) is 13.0 Å². The smallest absolute Gasteiger partial charge is 0.123 e. The van der Waals surface area contributed by atoms with E-state index >= 15 is 0 Å². The van der Waals surface area contributed by atoms with Crippen molar-refractivity contribution in [3.63, 3.8) is 0 Å². The van der Waals surface area contributed by atoms with E-state index in [1.54, 1.807) is 7.11 Å². The van der Waals surface area contributed by atoms with Crippen LogP contribution in [0.5, 0.6) is 5.75 Å². The molecule has 0 heterocycles. The molecule has 2 rings (SSSR count). The van der Waals surface area contributed by atoms with E-state index in [1.165, 1.54) is 24.0 Å². The van der Waals surface area contributed by atoms with Crippen LogP contribution in [0.2, 0.25) is 5.02 Å². The molecule has 0 bridgehead atoms. The van der Waals surface area contributed by atoms with E-state index in [9.17, 15) is 0 Å². The lowest BCUT2D eigenvalue weighted by Gasteiger charge is -2.08. The van der Waals surface area contributed by atoms with Gasteiger partial charge in [-0.1, -0.05) is 59.2 Å². The number of methoxy groups -OCH3 is 1. The van der Waals surface area contributed by atoms with Gasteiger partial charge in [0.15, 0.2) is 0 Å². The highest BCUT2D eigenvalue weighted by atomic mass is 35.5. The minimum absolute atomic E-state index is 0.706. The van der Waals surface area contributed by atoms with Crippen LogP contribution in [0, 0.1) is 6.92 Å². The Hall–Kier alpha value is -0.690. The zero-order chi connectivity index (χ0) is 15.4. The summed E-state index contributed by atoms with van der Waals surface area (Å²) in [6.07, 6.45) is 2.57. The maximum atomic E-state index is 6.14. The highest BCUT2D eigenvalue weighted by Crippen LogP contribution is 2.44. The van der Waals surface area contributed by atoms with Crippen LogP contribution in [0.25, 0.3) is 0 Å². The van der Waals surface area contributed by atoms with Crippen molar-refractivity contribution in [2.45, 2.75) is 67.2 Å². The maximum Gasteiger partial charge on any atom is 0.123 e. The average Bonchev–Trinajstić information content (AvgIpc) is 3.32. The first-order chi connectivity index (χ1) is 9.22. The van der Waals surface area contributed by atoms with Gasteiger partial charge in [-0.25, -0.2) is 0 Å². The molecule has 19 heavy (non-hydrogen) atoms. The van der Waals surface area contributed by atoms with E-state index in [1.807, 2.05) is 47.6 Å². The van der Waals surface area contributed by atoms with Crippen LogP contribution >= 0.6 is 11.6 Å². The molecule has 0 aromatic heterocycles. The van der Waals surface area contributed by atoms with Crippen molar-refractivity contribution in [2.75, 3.05) is 7.11 Å². The van der Waals surface area contributed by atoms with Gasteiger partial charge in [0.05, 0.1) is 7.11 Å². The molecule has 0 radical (unpaired) electrons. The minimum atomic E-state index is 0.706. The van der Waals surface area contributed by atoms with Gasteiger partial charge in [0, 0.05) is 5.02 Å². The first kappa shape index (κ1) is 20.6. The van der Waals surface area contributed by atoms with Crippen molar-refractivity contribution in [1.82, 2.24) is 0 Å². The van der Waals surface area contributed by atoms with Crippen LogP contribution in [0.4, 0.5) is 0 Å². The quantitative estimate of drug-likeness (QED) is 0.594. The van der Waals surface area contributed by atoms with Gasteiger partial charge in [0.2, 0.25) is 0 Å². The number of benzene rings is 1. The summed E-state index contributed by atoms with van der Waals surface area (Å²) >= 11 is 6.14. The number of hydrogen-bond donors (Lipinski definition) is 0. The second-order valence-electron chi connectivity index (χ2n) is 3.62. The number of ether oxygens (including phenoxy) is 1. The normalized spacial score (nSPS) is 11.8. The molecule has 0 atom stereocenters. The highest BCUT2D eigenvalue weighted by Gasteiger charge is 2.26. The third-order valence-electron chi connectivity index (χ3n) is 2.53. The Morgan fingerprint density at radius 3 is 1.84 bits per heavy atom. The summed E-state index contributed by atoms with van der Waals surface area (Å²) in [5.74, 6) is 1.59. The largest absolute Gasteiger partial charge is 0.496 e. The summed E-state index contributed by atoms with van der Waals surface area (Å²) in [5.41, 5.74) is 2.47. The lowest BCUT2D eigenvalue weighted by atomic mass is 10.1. The summed E-state index contributed by atoms with van der Waals surface area (Å²) in [6, 6.07) is 4.07. The Kier molecular flexibility index (Phi) is 13.4. The van der Waals surface area contributed by atoms with Crippen LogP contribution in [-0.2, 0) is 0 Å². The topological polar surface area (TPSA) is 9.23 Å². The van der Waals surface area contributed by atoms with Crippen molar-refractivity contribution in [3.8, 4) is 5.75 Å². The van der Waals surface area contributed by atoms with Crippen LogP contribution in [0.3, 0.4) is 0 Å². The van der Waals surface area contributed by atoms with E-state index < -0.39 is 0 Å². The van der Waals surface area contributed by atoms with Gasteiger partial charge < -0.3 is 4.74 Å². The first-order valence-corrected chi connectivity index (χ1v) is 7.94. The fourth-order valence-corrected chi connectivity index (χ4v) is 1.92. The van der Waals surface area contributed by atoms with E-state index in [0.717, 1.165) is 10.8 Å². The van der Waals surface area contributed by atoms with Crippen molar-refractivity contribution in [1.29, 1.82) is 0 Å². The summed E-state index contributed by atoms with van der Waals surface area (Å²) in [5, 5.41) is 0.852. The predicted molar refractivity (Wildman–Crippen MR) is 88.8 cm³/mol. The molecule has 2 heteroatoms. The van der Waals surface area contributed by atoms with E-state index in [4.69, 9.17) is 16.3 Å². The highest BCUT2D eigenvalue weighted by molar-refractivity contribution is 6.31. The molecule has 0 amide bonds. The zero-order valence-electron chi connectivity index (χ0n) is 13.9. The predicted octanol–water partition coefficient (Wildman–Crippen LogP) is 6.61. The molecule has 0 spiro atoms. The Labute approximate surface area is 125 Å². The molecule has 1 fully saturated rings. The van der Waals surface area contributed by atoms with Crippen LogP contribution in [0.1, 0.15) is 71.4 Å². The molecule has 1 nitrogen and oxygen atoms in total. The lowest BCUT2D eigenvalue weighted by Crippen LogP contribution is -1.90. The lowest BCUT2D eigenvalue weighted by molar-refractivity contribution is 0.411. The summed E-state index contributed by atoms with van der Waals surface area (Å²) < 4.78 is 5.20. The van der Waals surface area contributed by atoms with E-state index in [0.29, 0.717) is 5.92 Å². The van der Waals surface area contributed by atoms with Gasteiger partial charge in [0.25, 0.3) is 0 Å². The second kappa shape index (κ2) is 12.3. The fourth-order valence-electron chi connectivity index (χ4n) is 1.61. The van der Waals surface area contributed by atoms with Gasteiger partial charge >= 0.3 is 0 Å². The fraction of sp³-hybridized carbons (Fsp3) is 0.647. The SMILES string of the molecule is CC.CC.CC.COc1cc(Cl)c(C2CC2)cc1C. The summed E-state index contributed by atoms with van der Waals surface area (Å²) in [6.45, 7) is 14.1. The molecule has 1 aromatic rings. The minimum Gasteiger partial charge on any atom is -0.496 e. The van der Waals surface area contributed by atoms with Crippen LogP contribution < -0.4 is 4.74 Å². The van der Waals surface area contributed by atoms with Gasteiger partial charge in [-0.15, -0.1) is 0 Å². The van der Waals surface area contributed by atoms with Gasteiger partial charge in [-0.3, -0.25) is 0 Å². The standard InChI is InChI=1S/C11H13ClO.3C2H6/c1-7-5-9(8-3-4-8)10(12)6-11(7)13-2;3*1-2/h5-6,8H,3-4H2,1-2H3;3*1-2H3. The van der Waals surface area contributed by atoms with Crippen molar-refractivity contribution < 1.29 is 4.74 Å². The van der Waals surface area contributed by atoms with Crippen molar-refractivity contribution in [2.24, 2.45) is 0 Å².